The van der Waals surface area contributed by atoms with Crippen molar-refractivity contribution in [2.75, 3.05) is 5.32 Å². The summed E-state index contributed by atoms with van der Waals surface area (Å²) in [5.41, 5.74) is 3.91. The van der Waals surface area contributed by atoms with Gasteiger partial charge in [-0.05, 0) is 54.8 Å². The number of rotatable bonds is 4. The van der Waals surface area contributed by atoms with E-state index >= 15 is 0 Å². The van der Waals surface area contributed by atoms with Crippen LogP contribution in [0.1, 0.15) is 18.5 Å². The molecule has 2 heterocycles. The van der Waals surface area contributed by atoms with Crippen LogP contribution in [0.5, 0.6) is 0 Å². The highest BCUT2D eigenvalue weighted by Gasteiger charge is 2.22. The Balaban J connectivity index is 1.73. The van der Waals surface area contributed by atoms with Crippen LogP contribution in [0.2, 0.25) is 0 Å². The first-order chi connectivity index (χ1) is 14.2. The number of hydrogen-bond donors (Lipinski definition) is 1. The van der Waals surface area contributed by atoms with Gasteiger partial charge in [-0.15, -0.1) is 11.3 Å². The summed E-state index contributed by atoms with van der Waals surface area (Å²) in [7, 11) is 0. The van der Waals surface area contributed by atoms with Gasteiger partial charge in [0.1, 0.15) is 23.1 Å². The number of halogens is 2. The van der Waals surface area contributed by atoms with Gasteiger partial charge in [-0.25, -0.2) is 13.8 Å². The minimum Gasteiger partial charge on any atom is -0.339 e. The molecule has 3 nitrogen and oxygen atoms in total. The molecule has 0 saturated heterocycles. The Morgan fingerprint density at radius 2 is 1.86 bits per heavy atom. The van der Waals surface area contributed by atoms with E-state index < -0.39 is 0 Å². The molecule has 0 amide bonds. The molecule has 0 fully saturated rings. The molecule has 2 aromatic heterocycles. The predicted molar refractivity (Wildman–Crippen MR) is 114 cm³/mol. The van der Waals surface area contributed by atoms with Crippen molar-refractivity contribution in [3.05, 3.63) is 89.5 Å². The zero-order valence-corrected chi connectivity index (χ0v) is 16.2. The average Bonchev–Trinajstić information content (AvgIpc) is 3.31. The Morgan fingerprint density at radius 1 is 1.03 bits per heavy atom. The minimum atomic E-state index is -0.332. The fourth-order valence-corrected chi connectivity index (χ4v) is 4.44. The first-order valence-electron chi connectivity index (χ1n) is 9.34. The summed E-state index contributed by atoms with van der Waals surface area (Å²) in [4.78, 5) is 5.51. The summed E-state index contributed by atoms with van der Waals surface area (Å²) in [6.45, 7) is 0. The van der Waals surface area contributed by atoms with Crippen LogP contribution in [0.25, 0.3) is 21.8 Å². The SMILES string of the molecule is Fc1ccc(Nc2c(-c3ccccc3F)nc3scc(C4=CC=CCC4)n23)cc1. The molecule has 0 unspecified atom stereocenters. The Kier molecular flexibility index (Phi) is 4.48. The number of allylic oxidation sites excluding steroid dienone is 4. The maximum absolute atomic E-state index is 14.6. The van der Waals surface area contributed by atoms with Gasteiger partial charge >= 0.3 is 0 Å². The quantitative estimate of drug-likeness (QED) is 0.404. The fraction of sp³-hybridized carbons (Fsp3) is 0.0870. The molecule has 0 saturated carbocycles. The third-order valence-electron chi connectivity index (χ3n) is 4.94. The minimum absolute atomic E-state index is 0.307. The molecule has 29 heavy (non-hydrogen) atoms. The van der Waals surface area contributed by atoms with Gasteiger partial charge in [-0.1, -0.05) is 30.4 Å². The van der Waals surface area contributed by atoms with Gasteiger partial charge in [-0.3, -0.25) is 4.40 Å². The van der Waals surface area contributed by atoms with Crippen LogP contribution in [0.4, 0.5) is 20.3 Å². The van der Waals surface area contributed by atoms with Crippen molar-refractivity contribution >= 4 is 33.4 Å². The van der Waals surface area contributed by atoms with Gasteiger partial charge in [0.2, 0.25) is 0 Å². The molecule has 2 aromatic carbocycles. The van der Waals surface area contributed by atoms with E-state index in [4.69, 9.17) is 4.98 Å². The first-order valence-corrected chi connectivity index (χ1v) is 10.2. The largest absolute Gasteiger partial charge is 0.339 e. The molecule has 1 aliphatic rings. The number of nitrogens with zero attached hydrogens (tertiary/aromatic N) is 2. The van der Waals surface area contributed by atoms with Crippen LogP contribution in [0, 0.1) is 11.6 Å². The molecular formula is C23H17F2N3S. The zero-order chi connectivity index (χ0) is 19.8. The van der Waals surface area contributed by atoms with E-state index in [1.54, 1.807) is 30.3 Å². The molecule has 4 aromatic rings. The third kappa shape index (κ3) is 3.25. The number of fused-ring (bicyclic) bond motifs is 1. The van der Waals surface area contributed by atoms with Crippen LogP contribution in [0.3, 0.4) is 0 Å². The Labute approximate surface area is 170 Å². The monoisotopic (exact) mass is 405 g/mol. The second-order valence-electron chi connectivity index (χ2n) is 6.82. The van der Waals surface area contributed by atoms with Crippen LogP contribution < -0.4 is 5.32 Å². The number of benzene rings is 2. The van der Waals surface area contributed by atoms with E-state index in [1.807, 2.05) is 4.40 Å². The highest BCUT2D eigenvalue weighted by Crippen LogP contribution is 2.38. The molecule has 1 N–H and O–H groups in total. The van der Waals surface area contributed by atoms with Crippen molar-refractivity contribution in [3.8, 4) is 11.3 Å². The predicted octanol–water partition coefficient (Wildman–Crippen LogP) is 6.82. The second-order valence-corrected chi connectivity index (χ2v) is 7.65. The molecule has 0 aliphatic heterocycles. The van der Waals surface area contributed by atoms with Crippen molar-refractivity contribution < 1.29 is 8.78 Å². The summed E-state index contributed by atoms with van der Waals surface area (Å²) in [6.07, 6.45) is 8.23. The number of anilines is 2. The summed E-state index contributed by atoms with van der Waals surface area (Å²) >= 11 is 1.52. The maximum Gasteiger partial charge on any atom is 0.196 e. The van der Waals surface area contributed by atoms with E-state index in [0.29, 0.717) is 22.8 Å². The second kappa shape index (κ2) is 7.29. The zero-order valence-electron chi connectivity index (χ0n) is 15.4. The number of thiazole rings is 1. The van der Waals surface area contributed by atoms with Crippen molar-refractivity contribution in [2.24, 2.45) is 0 Å². The molecule has 144 valence electrons. The van der Waals surface area contributed by atoms with Gasteiger partial charge in [0.25, 0.3) is 0 Å². The standard InChI is InChI=1S/C23H17F2N3S/c24-16-10-12-17(13-11-16)26-22-21(18-8-4-5-9-19(18)25)27-23-28(22)20(14-29-23)15-6-2-1-3-7-15/h1-2,4-6,8-14,26H,3,7H2. The van der Waals surface area contributed by atoms with Crippen LogP contribution in [0.15, 0.2) is 72.1 Å². The van der Waals surface area contributed by atoms with Crippen molar-refractivity contribution in [1.29, 1.82) is 0 Å². The van der Waals surface area contributed by atoms with Gasteiger partial charge in [-0.2, -0.15) is 0 Å². The number of aromatic nitrogens is 2. The lowest BCUT2D eigenvalue weighted by Gasteiger charge is -2.13. The molecular weight excluding hydrogens is 388 g/mol. The summed E-state index contributed by atoms with van der Waals surface area (Å²) < 4.78 is 30.0. The molecule has 6 heteroatoms. The van der Waals surface area contributed by atoms with Crippen molar-refractivity contribution in [1.82, 2.24) is 9.38 Å². The molecule has 1 aliphatic carbocycles. The number of hydrogen-bond acceptors (Lipinski definition) is 3. The number of nitrogens with one attached hydrogen (secondary N) is 1. The van der Waals surface area contributed by atoms with Gasteiger partial charge in [0.15, 0.2) is 4.96 Å². The van der Waals surface area contributed by atoms with Crippen LogP contribution >= 0.6 is 11.3 Å². The Bertz CT molecular complexity index is 1250. The molecule has 0 spiro atoms. The third-order valence-corrected chi connectivity index (χ3v) is 5.77. The highest BCUT2D eigenvalue weighted by molar-refractivity contribution is 7.15. The Hall–Kier alpha value is -3.25. The van der Waals surface area contributed by atoms with E-state index in [2.05, 4.69) is 28.9 Å². The molecule has 0 atom stereocenters. The molecule has 5 rings (SSSR count). The van der Waals surface area contributed by atoms with E-state index in [1.165, 1.54) is 35.1 Å². The van der Waals surface area contributed by atoms with Crippen LogP contribution in [-0.2, 0) is 0 Å². The first kappa shape index (κ1) is 17.8. The average molecular weight is 405 g/mol. The lowest BCUT2D eigenvalue weighted by molar-refractivity contribution is 0.628. The van der Waals surface area contributed by atoms with Gasteiger partial charge in [0, 0.05) is 16.6 Å². The van der Waals surface area contributed by atoms with Crippen molar-refractivity contribution in [2.45, 2.75) is 12.8 Å². The Morgan fingerprint density at radius 3 is 2.62 bits per heavy atom. The van der Waals surface area contributed by atoms with E-state index in [9.17, 15) is 8.78 Å². The summed E-state index contributed by atoms with van der Waals surface area (Å²) in [6, 6.07) is 12.7. The molecule has 0 bridgehead atoms. The lowest BCUT2D eigenvalue weighted by atomic mass is 10.0. The summed E-state index contributed by atoms with van der Waals surface area (Å²) in [5.74, 6) is 0.0314. The smallest absolute Gasteiger partial charge is 0.196 e. The highest BCUT2D eigenvalue weighted by atomic mass is 32.1. The topological polar surface area (TPSA) is 29.3 Å². The fourth-order valence-electron chi connectivity index (χ4n) is 3.53. The maximum atomic E-state index is 14.6. The van der Waals surface area contributed by atoms with Gasteiger partial charge in [0.05, 0.1) is 5.69 Å². The van der Waals surface area contributed by atoms with Gasteiger partial charge < -0.3 is 5.32 Å². The number of imidazole rings is 1. The van der Waals surface area contributed by atoms with Crippen LogP contribution in [-0.4, -0.2) is 9.38 Å². The normalized spacial score (nSPS) is 13.7. The lowest BCUT2D eigenvalue weighted by Crippen LogP contribution is -2.01. The van der Waals surface area contributed by atoms with E-state index in [0.717, 1.165) is 23.5 Å². The van der Waals surface area contributed by atoms with Crippen molar-refractivity contribution in [3.63, 3.8) is 0 Å². The van der Waals surface area contributed by atoms with E-state index in [-0.39, 0.29) is 11.6 Å². The molecule has 0 radical (unpaired) electrons. The summed E-state index contributed by atoms with van der Waals surface area (Å²) in [5, 5.41) is 5.42.